The fraction of sp³-hybridized carbons (Fsp3) is 0.423. The van der Waals surface area contributed by atoms with Crippen LogP contribution in [0.2, 0.25) is 0 Å². The molecule has 2 aliphatic heterocycles. The molecule has 208 valence electrons. The van der Waals surface area contributed by atoms with Gasteiger partial charge in [0, 0.05) is 12.6 Å². The predicted octanol–water partition coefficient (Wildman–Crippen LogP) is 0.909. The number of benzene rings is 1. The summed E-state index contributed by atoms with van der Waals surface area (Å²) in [7, 11) is 0. The first kappa shape index (κ1) is 28.0. The highest BCUT2D eigenvalue weighted by Crippen LogP contribution is 2.29. The second-order valence-corrected chi connectivity index (χ2v) is 10.1. The number of carbonyl (C=O) groups is 2. The quantitative estimate of drug-likeness (QED) is 0.261. The first-order valence-corrected chi connectivity index (χ1v) is 12.2. The number of aliphatic hydroxyl groups excluding tert-OH is 2. The van der Waals surface area contributed by atoms with E-state index >= 15 is 0 Å². The van der Waals surface area contributed by atoms with Gasteiger partial charge < -0.3 is 24.4 Å². The molecule has 0 saturated carbocycles. The maximum absolute atomic E-state index is 13.2. The Balaban J connectivity index is 1.50. The second-order valence-electron chi connectivity index (χ2n) is 10.1. The van der Waals surface area contributed by atoms with Crippen LogP contribution in [0.5, 0.6) is 5.75 Å². The summed E-state index contributed by atoms with van der Waals surface area (Å²) in [6.45, 7) is 6.08. The van der Waals surface area contributed by atoms with Crippen LogP contribution in [0.25, 0.3) is 6.08 Å². The largest absolute Gasteiger partial charge is 0.457 e. The molecule has 4 rings (SSSR count). The van der Waals surface area contributed by atoms with Gasteiger partial charge >= 0.3 is 11.7 Å². The van der Waals surface area contributed by atoms with Crippen molar-refractivity contribution in [3.05, 3.63) is 62.6 Å². The molecule has 0 radical (unpaired) electrons. The number of aromatic amines is 1. The smallest absolute Gasteiger partial charge is 0.330 e. The lowest BCUT2D eigenvalue weighted by atomic mass is 9.98. The van der Waals surface area contributed by atoms with Gasteiger partial charge in [0.2, 0.25) is 6.79 Å². The molecule has 0 bridgehead atoms. The molecular weight excluding hydrogens is 512 g/mol. The van der Waals surface area contributed by atoms with Crippen molar-refractivity contribution in [2.75, 3.05) is 18.3 Å². The highest BCUT2D eigenvalue weighted by Gasteiger charge is 2.37. The molecule has 1 aromatic heterocycles. The van der Waals surface area contributed by atoms with Gasteiger partial charge in [0.25, 0.3) is 11.5 Å². The summed E-state index contributed by atoms with van der Waals surface area (Å²) in [5.41, 5.74) is -1.69. The number of amides is 1. The van der Waals surface area contributed by atoms with Crippen molar-refractivity contribution in [3.63, 3.8) is 0 Å². The number of aliphatic imine (C=N–C) groups is 1. The van der Waals surface area contributed by atoms with Gasteiger partial charge in [-0.05, 0) is 51.5 Å². The van der Waals surface area contributed by atoms with E-state index in [1.165, 1.54) is 12.3 Å². The Morgan fingerprint density at radius 2 is 1.92 bits per heavy atom. The molecule has 1 fully saturated rings. The highest BCUT2D eigenvalue weighted by molar-refractivity contribution is 6.28. The van der Waals surface area contributed by atoms with Crippen LogP contribution in [-0.4, -0.2) is 63.1 Å². The fourth-order valence-electron chi connectivity index (χ4n) is 4.00. The Kier molecular flexibility index (Phi) is 7.86. The number of esters is 1. The van der Waals surface area contributed by atoms with Gasteiger partial charge in [0.05, 0.1) is 18.1 Å². The van der Waals surface area contributed by atoms with Gasteiger partial charge in [0.1, 0.15) is 35.3 Å². The van der Waals surface area contributed by atoms with Crippen molar-refractivity contribution in [1.82, 2.24) is 9.55 Å². The van der Waals surface area contributed by atoms with E-state index in [1.807, 2.05) is 0 Å². The van der Waals surface area contributed by atoms with Gasteiger partial charge in [0.15, 0.2) is 0 Å². The van der Waals surface area contributed by atoms with Crippen molar-refractivity contribution >= 4 is 29.5 Å². The molecule has 0 aliphatic carbocycles. The number of H-pyrrole nitrogens is 1. The molecule has 13 heteroatoms. The number of hydrogen-bond acceptors (Lipinski definition) is 10. The third-order valence-corrected chi connectivity index (χ3v) is 6.12. The lowest BCUT2D eigenvalue weighted by Crippen LogP contribution is -2.40. The Morgan fingerprint density at radius 3 is 2.54 bits per heavy atom. The average Bonchev–Trinajstić information content (AvgIpc) is 3.37. The minimum Gasteiger partial charge on any atom is -0.457 e. The molecule has 3 heterocycles. The Labute approximate surface area is 223 Å². The van der Waals surface area contributed by atoms with E-state index in [4.69, 9.17) is 14.2 Å². The molecule has 0 unspecified atom stereocenters. The van der Waals surface area contributed by atoms with Crippen LogP contribution in [0.15, 0.2) is 50.7 Å². The van der Waals surface area contributed by atoms with Crippen LogP contribution in [0, 0.1) is 5.41 Å². The Morgan fingerprint density at radius 1 is 1.23 bits per heavy atom. The predicted molar refractivity (Wildman–Crippen MR) is 139 cm³/mol. The summed E-state index contributed by atoms with van der Waals surface area (Å²) < 4.78 is 17.1. The Hall–Kier alpha value is -4.07. The minimum absolute atomic E-state index is 0.0154. The molecule has 0 spiro atoms. The number of anilines is 1. The van der Waals surface area contributed by atoms with Gasteiger partial charge in [-0.25, -0.2) is 9.79 Å². The molecule has 3 N–H and O–H groups in total. The first-order valence-electron chi connectivity index (χ1n) is 12.2. The van der Waals surface area contributed by atoms with E-state index in [1.54, 1.807) is 52.0 Å². The van der Waals surface area contributed by atoms with Crippen molar-refractivity contribution < 1.29 is 34.0 Å². The molecule has 2 aromatic rings. The lowest BCUT2D eigenvalue weighted by Gasteiger charge is -2.19. The first-order chi connectivity index (χ1) is 18.4. The average molecular weight is 543 g/mol. The summed E-state index contributed by atoms with van der Waals surface area (Å²) in [6.07, 6.45) is -0.0920. The van der Waals surface area contributed by atoms with Gasteiger partial charge in [-0.2, -0.15) is 0 Å². The van der Waals surface area contributed by atoms with Crippen LogP contribution in [-0.2, 0) is 19.1 Å². The number of hydrogen-bond donors (Lipinski definition) is 3. The molecule has 2 aliphatic rings. The van der Waals surface area contributed by atoms with Crippen LogP contribution in [0.4, 0.5) is 5.69 Å². The molecule has 1 aromatic carbocycles. The second kappa shape index (κ2) is 11.0. The topological polar surface area (TPSA) is 173 Å². The summed E-state index contributed by atoms with van der Waals surface area (Å²) in [4.78, 5) is 57.7. The van der Waals surface area contributed by atoms with E-state index in [0.717, 1.165) is 9.47 Å². The standard InChI is InChI=1S/C26H30N4O9/c1-14-27-17(9-15-5-7-16(8-6-15)37-13-38-24(35)26(2,3)4)23(34)30(14)18-11-29(25(36)28-22(18)33)21-10-19(32)20(12-31)39-21/h5-9,11,19-21,31-32H,10,12-13H2,1-4H3,(H,28,33,36)/b17-9+/t19-,20+,21+/m0/s1. The van der Waals surface area contributed by atoms with E-state index in [2.05, 4.69) is 9.98 Å². The molecule has 3 atom stereocenters. The third-order valence-electron chi connectivity index (χ3n) is 6.12. The summed E-state index contributed by atoms with van der Waals surface area (Å²) in [5.74, 6) is -0.311. The number of ether oxygens (including phenoxy) is 3. The number of aliphatic hydroxyl groups is 2. The third kappa shape index (κ3) is 6.00. The van der Waals surface area contributed by atoms with Crippen molar-refractivity contribution in [3.8, 4) is 5.75 Å². The maximum atomic E-state index is 13.2. The Bertz CT molecular complexity index is 1430. The minimum atomic E-state index is -0.996. The molecule has 39 heavy (non-hydrogen) atoms. The van der Waals surface area contributed by atoms with Crippen LogP contribution < -0.4 is 20.9 Å². The SMILES string of the molecule is CC1=N/C(=C/c2ccc(OCOC(=O)C(C)(C)C)cc2)C(=O)N1c1cn([C@H]2C[C@H](O)[C@@H](CO)O2)c(=O)[nH]c1=O. The summed E-state index contributed by atoms with van der Waals surface area (Å²) >= 11 is 0. The molecule has 1 amide bonds. The number of aromatic nitrogens is 2. The normalized spacial score (nSPS) is 22.4. The van der Waals surface area contributed by atoms with Crippen molar-refractivity contribution in [1.29, 1.82) is 0 Å². The number of nitrogens with one attached hydrogen (secondary N) is 1. The highest BCUT2D eigenvalue weighted by atomic mass is 16.7. The number of amidine groups is 1. The molecular formula is C26H30N4O9. The number of nitrogens with zero attached hydrogens (tertiary/aromatic N) is 3. The maximum Gasteiger partial charge on any atom is 0.330 e. The number of rotatable bonds is 7. The van der Waals surface area contributed by atoms with Crippen LogP contribution in [0.1, 0.15) is 45.9 Å². The zero-order chi connectivity index (χ0) is 28.5. The zero-order valence-electron chi connectivity index (χ0n) is 21.9. The van der Waals surface area contributed by atoms with E-state index in [0.29, 0.717) is 11.3 Å². The molecule has 1 saturated heterocycles. The summed E-state index contributed by atoms with van der Waals surface area (Å²) in [6, 6.07) is 6.65. The van der Waals surface area contributed by atoms with Gasteiger partial charge in [-0.3, -0.25) is 28.8 Å². The number of carbonyl (C=O) groups excluding carboxylic acids is 2. The van der Waals surface area contributed by atoms with Crippen molar-refractivity contribution in [2.24, 2.45) is 10.4 Å². The summed E-state index contributed by atoms with van der Waals surface area (Å²) in [5, 5.41) is 19.4. The van der Waals surface area contributed by atoms with Gasteiger partial charge in [-0.15, -0.1) is 0 Å². The monoisotopic (exact) mass is 542 g/mol. The van der Waals surface area contributed by atoms with E-state index < -0.39 is 53.6 Å². The molecule has 13 nitrogen and oxygen atoms in total. The van der Waals surface area contributed by atoms with E-state index in [-0.39, 0.29) is 30.4 Å². The van der Waals surface area contributed by atoms with Crippen LogP contribution in [0.3, 0.4) is 0 Å². The van der Waals surface area contributed by atoms with Crippen molar-refractivity contribution in [2.45, 2.75) is 52.6 Å². The van der Waals surface area contributed by atoms with Crippen LogP contribution >= 0.6 is 0 Å². The zero-order valence-corrected chi connectivity index (χ0v) is 21.9. The fourth-order valence-corrected chi connectivity index (χ4v) is 4.00. The van der Waals surface area contributed by atoms with Gasteiger partial charge in [-0.1, -0.05) is 12.1 Å². The lowest BCUT2D eigenvalue weighted by molar-refractivity contribution is -0.159. The van der Waals surface area contributed by atoms with E-state index in [9.17, 15) is 29.4 Å².